The first kappa shape index (κ1) is 18.0. The van der Waals surface area contributed by atoms with Crippen LogP contribution in [0.1, 0.15) is 22.8 Å². The van der Waals surface area contributed by atoms with E-state index in [4.69, 9.17) is 0 Å². The van der Waals surface area contributed by atoms with Gasteiger partial charge in [-0.1, -0.05) is 35.9 Å². The molecule has 0 spiro atoms. The maximum Gasteiger partial charge on any atom is 0.251 e. The van der Waals surface area contributed by atoms with E-state index in [9.17, 15) is 9.59 Å². The summed E-state index contributed by atoms with van der Waals surface area (Å²) in [6.45, 7) is 6.62. The summed E-state index contributed by atoms with van der Waals surface area (Å²) in [6, 6.07) is 17.1. The Morgan fingerprint density at radius 1 is 0.962 bits per heavy atom. The fraction of sp³-hybridized carbons (Fsp3) is 0.333. The van der Waals surface area contributed by atoms with Crippen molar-refractivity contribution in [2.45, 2.75) is 19.9 Å². The van der Waals surface area contributed by atoms with Gasteiger partial charge in [-0.2, -0.15) is 0 Å². The Kier molecular flexibility index (Phi) is 5.56. The van der Waals surface area contributed by atoms with Gasteiger partial charge in [0.25, 0.3) is 5.91 Å². The van der Waals surface area contributed by atoms with Crippen LogP contribution in [0.25, 0.3) is 0 Å². The molecule has 2 amide bonds. The third kappa shape index (κ3) is 4.23. The van der Waals surface area contributed by atoms with Crippen LogP contribution in [0.4, 0.5) is 5.69 Å². The van der Waals surface area contributed by atoms with Crippen molar-refractivity contribution in [3.63, 3.8) is 0 Å². The Balaban J connectivity index is 1.54. The number of hydrogen-bond acceptors (Lipinski definition) is 3. The number of rotatable bonds is 4. The van der Waals surface area contributed by atoms with Gasteiger partial charge in [-0.25, -0.2) is 0 Å². The van der Waals surface area contributed by atoms with Crippen molar-refractivity contribution in [1.29, 1.82) is 0 Å². The smallest absolute Gasteiger partial charge is 0.251 e. The monoisotopic (exact) mass is 351 g/mol. The number of anilines is 1. The summed E-state index contributed by atoms with van der Waals surface area (Å²) in [7, 11) is 0. The highest BCUT2D eigenvalue weighted by Crippen LogP contribution is 2.16. The van der Waals surface area contributed by atoms with Crippen LogP contribution < -0.4 is 10.2 Å². The Morgan fingerprint density at radius 2 is 1.65 bits per heavy atom. The van der Waals surface area contributed by atoms with Crippen molar-refractivity contribution < 1.29 is 9.59 Å². The minimum atomic E-state index is -0.536. The molecule has 1 atom stereocenters. The van der Waals surface area contributed by atoms with E-state index >= 15 is 0 Å². The van der Waals surface area contributed by atoms with E-state index in [0.717, 1.165) is 18.7 Å². The number of nitrogens with one attached hydrogen (secondary N) is 1. The molecule has 2 aromatic rings. The molecule has 0 unspecified atom stereocenters. The van der Waals surface area contributed by atoms with E-state index in [1.165, 1.54) is 5.69 Å². The maximum atomic E-state index is 12.7. The SMILES string of the molecule is Cc1cccc(C(=O)N[C@@H](C)C(=O)N2CCN(c3ccccc3)CC2)c1. The number of amides is 2. The Hall–Kier alpha value is -2.82. The molecule has 0 saturated carbocycles. The van der Waals surface area contributed by atoms with Gasteiger partial charge in [0.1, 0.15) is 6.04 Å². The zero-order valence-electron chi connectivity index (χ0n) is 15.3. The van der Waals surface area contributed by atoms with Gasteiger partial charge >= 0.3 is 0 Å². The number of piperazine rings is 1. The highest BCUT2D eigenvalue weighted by atomic mass is 16.2. The first-order valence-electron chi connectivity index (χ1n) is 9.01. The minimum absolute atomic E-state index is 0.0290. The van der Waals surface area contributed by atoms with Crippen molar-refractivity contribution in [1.82, 2.24) is 10.2 Å². The van der Waals surface area contributed by atoms with Gasteiger partial charge < -0.3 is 15.1 Å². The molecule has 136 valence electrons. The Bertz CT molecular complexity index is 768. The largest absolute Gasteiger partial charge is 0.368 e. The van der Waals surface area contributed by atoms with Crippen LogP contribution in [0.3, 0.4) is 0 Å². The molecule has 1 heterocycles. The van der Waals surface area contributed by atoms with E-state index in [1.807, 2.05) is 48.2 Å². The fourth-order valence-corrected chi connectivity index (χ4v) is 3.23. The molecule has 0 aliphatic carbocycles. The minimum Gasteiger partial charge on any atom is -0.368 e. The lowest BCUT2D eigenvalue weighted by Crippen LogP contribution is -2.54. The van der Waals surface area contributed by atoms with Gasteiger partial charge in [-0.15, -0.1) is 0 Å². The van der Waals surface area contributed by atoms with Crippen molar-refractivity contribution in [3.05, 3.63) is 65.7 Å². The molecular formula is C21H25N3O2. The van der Waals surface area contributed by atoms with Crippen molar-refractivity contribution in [2.75, 3.05) is 31.1 Å². The average Bonchev–Trinajstić information content (AvgIpc) is 2.68. The van der Waals surface area contributed by atoms with Crippen molar-refractivity contribution >= 4 is 17.5 Å². The van der Waals surface area contributed by atoms with Gasteiger partial charge in [0.2, 0.25) is 5.91 Å². The molecular weight excluding hydrogens is 326 g/mol. The van der Waals surface area contributed by atoms with E-state index in [2.05, 4.69) is 22.3 Å². The lowest BCUT2D eigenvalue weighted by Gasteiger charge is -2.37. The molecule has 2 aromatic carbocycles. The average molecular weight is 351 g/mol. The molecule has 1 saturated heterocycles. The summed E-state index contributed by atoms with van der Waals surface area (Å²) < 4.78 is 0. The predicted octanol–water partition coefficient (Wildman–Crippen LogP) is 2.46. The molecule has 1 N–H and O–H groups in total. The number of aryl methyl sites for hydroxylation is 1. The fourth-order valence-electron chi connectivity index (χ4n) is 3.23. The second-order valence-electron chi connectivity index (χ2n) is 6.71. The standard InChI is InChI=1S/C21H25N3O2/c1-16-7-6-8-18(15-16)20(25)22-17(2)21(26)24-13-11-23(12-14-24)19-9-4-3-5-10-19/h3-10,15,17H,11-14H2,1-2H3,(H,22,25)/t17-/m0/s1. The highest BCUT2D eigenvalue weighted by Gasteiger charge is 2.26. The number of carbonyl (C=O) groups excluding carboxylic acids is 2. The normalized spacial score (nSPS) is 15.5. The molecule has 0 bridgehead atoms. The van der Waals surface area contributed by atoms with Gasteiger partial charge in [0, 0.05) is 37.4 Å². The highest BCUT2D eigenvalue weighted by molar-refractivity contribution is 5.97. The number of para-hydroxylation sites is 1. The summed E-state index contributed by atoms with van der Waals surface area (Å²) in [6.07, 6.45) is 0. The zero-order chi connectivity index (χ0) is 18.5. The molecule has 1 aliphatic rings. The van der Waals surface area contributed by atoms with Gasteiger partial charge in [-0.05, 0) is 38.1 Å². The first-order valence-corrected chi connectivity index (χ1v) is 9.01. The molecule has 5 heteroatoms. The number of hydrogen-bond donors (Lipinski definition) is 1. The van der Waals surface area contributed by atoms with Crippen LogP contribution in [0, 0.1) is 6.92 Å². The van der Waals surface area contributed by atoms with Crippen LogP contribution in [-0.4, -0.2) is 48.9 Å². The van der Waals surface area contributed by atoms with E-state index in [1.54, 1.807) is 13.0 Å². The number of nitrogens with zero attached hydrogens (tertiary/aromatic N) is 2. The molecule has 5 nitrogen and oxygen atoms in total. The van der Waals surface area contributed by atoms with Crippen LogP contribution >= 0.6 is 0 Å². The quantitative estimate of drug-likeness (QED) is 0.921. The lowest BCUT2D eigenvalue weighted by molar-refractivity contribution is -0.133. The molecule has 26 heavy (non-hydrogen) atoms. The zero-order valence-corrected chi connectivity index (χ0v) is 15.3. The first-order chi connectivity index (χ1) is 12.5. The third-order valence-electron chi connectivity index (χ3n) is 4.71. The predicted molar refractivity (Wildman–Crippen MR) is 103 cm³/mol. The second-order valence-corrected chi connectivity index (χ2v) is 6.71. The maximum absolute atomic E-state index is 12.7. The van der Waals surface area contributed by atoms with E-state index < -0.39 is 6.04 Å². The lowest BCUT2D eigenvalue weighted by atomic mass is 10.1. The van der Waals surface area contributed by atoms with Crippen molar-refractivity contribution in [3.8, 4) is 0 Å². The Labute approximate surface area is 154 Å². The molecule has 1 fully saturated rings. The van der Waals surface area contributed by atoms with Gasteiger partial charge in [0.15, 0.2) is 0 Å². The molecule has 0 aromatic heterocycles. The summed E-state index contributed by atoms with van der Waals surface area (Å²) in [5.41, 5.74) is 2.78. The second kappa shape index (κ2) is 8.04. The van der Waals surface area contributed by atoms with Crippen LogP contribution in [-0.2, 0) is 4.79 Å². The summed E-state index contributed by atoms with van der Waals surface area (Å²) in [5, 5.41) is 2.82. The van der Waals surface area contributed by atoms with Crippen molar-refractivity contribution in [2.24, 2.45) is 0 Å². The van der Waals surface area contributed by atoms with Crippen LogP contribution in [0.15, 0.2) is 54.6 Å². The summed E-state index contributed by atoms with van der Waals surface area (Å²) in [5.74, 6) is -0.240. The van der Waals surface area contributed by atoms with Gasteiger partial charge in [-0.3, -0.25) is 9.59 Å². The number of carbonyl (C=O) groups is 2. The topological polar surface area (TPSA) is 52.7 Å². The molecule has 1 aliphatic heterocycles. The third-order valence-corrected chi connectivity index (χ3v) is 4.71. The van der Waals surface area contributed by atoms with Gasteiger partial charge in [0.05, 0.1) is 0 Å². The Morgan fingerprint density at radius 3 is 2.31 bits per heavy atom. The molecule has 0 radical (unpaired) electrons. The van der Waals surface area contributed by atoms with Crippen LogP contribution in [0.2, 0.25) is 0 Å². The number of benzene rings is 2. The van der Waals surface area contributed by atoms with E-state index in [0.29, 0.717) is 18.7 Å². The van der Waals surface area contributed by atoms with E-state index in [-0.39, 0.29) is 11.8 Å². The summed E-state index contributed by atoms with van der Waals surface area (Å²) >= 11 is 0. The van der Waals surface area contributed by atoms with Crippen LogP contribution in [0.5, 0.6) is 0 Å². The molecule has 3 rings (SSSR count). The summed E-state index contributed by atoms with van der Waals surface area (Å²) in [4.78, 5) is 29.1.